The van der Waals surface area contributed by atoms with Gasteiger partial charge < -0.3 is 0 Å². The van der Waals surface area contributed by atoms with Crippen molar-refractivity contribution in [2.75, 3.05) is 0 Å². The van der Waals surface area contributed by atoms with Gasteiger partial charge in [0.1, 0.15) is 0 Å². The monoisotopic (exact) mass is 173 g/mol. The Morgan fingerprint density at radius 2 is 2.31 bits per heavy atom. The third kappa shape index (κ3) is 2.55. The van der Waals surface area contributed by atoms with E-state index >= 15 is 0 Å². The lowest BCUT2D eigenvalue weighted by Crippen LogP contribution is -1.87. The molecule has 0 bridgehead atoms. The van der Waals surface area contributed by atoms with E-state index in [1.807, 2.05) is 25.3 Å². The summed E-state index contributed by atoms with van der Waals surface area (Å²) in [6.45, 7) is 7.91. The van der Waals surface area contributed by atoms with Gasteiger partial charge in [0.15, 0.2) is 0 Å². The highest BCUT2D eigenvalue weighted by atomic mass is 14.7. The molecule has 0 saturated heterocycles. The standard InChI is InChI=1S/C12H15N/c1-4-6-7-12-11(5-2)8-10(3)9-13-12/h5-9H,2,4H2,1,3H3/b7-6-. The van der Waals surface area contributed by atoms with Crippen molar-refractivity contribution in [3.63, 3.8) is 0 Å². The molecule has 0 fully saturated rings. The molecule has 68 valence electrons. The lowest BCUT2D eigenvalue weighted by Gasteiger charge is -2.00. The summed E-state index contributed by atoms with van der Waals surface area (Å²) in [7, 11) is 0. The first-order valence-corrected chi connectivity index (χ1v) is 4.53. The molecule has 0 saturated carbocycles. The van der Waals surface area contributed by atoms with E-state index in [0.717, 1.165) is 17.7 Å². The highest BCUT2D eigenvalue weighted by Gasteiger charge is 1.96. The van der Waals surface area contributed by atoms with E-state index in [1.165, 1.54) is 5.56 Å². The Hall–Kier alpha value is -1.37. The lowest BCUT2D eigenvalue weighted by atomic mass is 10.1. The first-order chi connectivity index (χ1) is 6.27. The van der Waals surface area contributed by atoms with Crippen LogP contribution in [-0.2, 0) is 0 Å². The molecular formula is C12H15N. The second-order valence-corrected chi connectivity index (χ2v) is 3.00. The summed E-state index contributed by atoms with van der Waals surface area (Å²) < 4.78 is 0. The first-order valence-electron chi connectivity index (χ1n) is 4.53. The first kappa shape index (κ1) is 9.72. The molecule has 0 aromatic carbocycles. The van der Waals surface area contributed by atoms with Crippen LogP contribution in [0.25, 0.3) is 12.2 Å². The predicted octanol–water partition coefficient (Wildman–Crippen LogP) is 3.46. The minimum absolute atomic E-state index is 1.00. The summed E-state index contributed by atoms with van der Waals surface area (Å²) in [5.41, 5.74) is 3.27. The zero-order valence-corrected chi connectivity index (χ0v) is 8.25. The van der Waals surface area contributed by atoms with Gasteiger partial charge in [-0.2, -0.15) is 0 Å². The van der Waals surface area contributed by atoms with E-state index in [2.05, 4.69) is 30.6 Å². The Balaban J connectivity index is 3.06. The fourth-order valence-corrected chi connectivity index (χ4v) is 1.13. The highest BCUT2D eigenvalue weighted by Crippen LogP contribution is 2.11. The van der Waals surface area contributed by atoms with E-state index in [-0.39, 0.29) is 0 Å². The molecule has 13 heavy (non-hydrogen) atoms. The van der Waals surface area contributed by atoms with Crippen LogP contribution in [0, 0.1) is 6.92 Å². The number of pyridine rings is 1. The molecule has 1 aromatic rings. The van der Waals surface area contributed by atoms with Gasteiger partial charge in [-0.05, 0) is 36.6 Å². The van der Waals surface area contributed by atoms with E-state index in [9.17, 15) is 0 Å². The van der Waals surface area contributed by atoms with Crippen molar-refractivity contribution in [2.45, 2.75) is 20.3 Å². The second kappa shape index (κ2) is 4.61. The Labute approximate surface area is 79.8 Å². The molecule has 0 N–H and O–H groups in total. The molecule has 0 unspecified atom stereocenters. The quantitative estimate of drug-likeness (QED) is 0.682. The van der Waals surface area contributed by atoms with E-state index in [1.54, 1.807) is 0 Å². The van der Waals surface area contributed by atoms with Gasteiger partial charge in [0.2, 0.25) is 0 Å². The molecular weight excluding hydrogens is 158 g/mol. The summed E-state index contributed by atoms with van der Waals surface area (Å²) in [5, 5.41) is 0. The lowest BCUT2D eigenvalue weighted by molar-refractivity contribution is 1.21. The van der Waals surface area contributed by atoms with Crippen molar-refractivity contribution in [2.24, 2.45) is 0 Å². The molecule has 1 heteroatoms. The second-order valence-electron chi connectivity index (χ2n) is 3.00. The van der Waals surface area contributed by atoms with Crippen LogP contribution in [0.3, 0.4) is 0 Å². The predicted molar refractivity (Wildman–Crippen MR) is 58.4 cm³/mol. The number of allylic oxidation sites excluding steroid dienone is 1. The number of aryl methyl sites for hydroxylation is 1. The van der Waals surface area contributed by atoms with Crippen molar-refractivity contribution < 1.29 is 0 Å². The van der Waals surface area contributed by atoms with E-state index in [0.29, 0.717) is 0 Å². The third-order valence-electron chi connectivity index (χ3n) is 1.82. The average Bonchev–Trinajstić information content (AvgIpc) is 2.16. The maximum Gasteiger partial charge on any atom is 0.0698 e. The Morgan fingerprint density at radius 3 is 2.92 bits per heavy atom. The van der Waals surface area contributed by atoms with Crippen LogP contribution < -0.4 is 0 Å². The van der Waals surface area contributed by atoms with Crippen LogP contribution in [0.1, 0.15) is 30.2 Å². The number of nitrogens with zero attached hydrogens (tertiary/aromatic N) is 1. The number of aromatic nitrogens is 1. The van der Waals surface area contributed by atoms with Gasteiger partial charge in [-0.3, -0.25) is 4.98 Å². The van der Waals surface area contributed by atoms with Gasteiger partial charge in [-0.15, -0.1) is 0 Å². The van der Waals surface area contributed by atoms with Gasteiger partial charge in [0.25, 0.3) is 0 Å². The van der Waals surface area contributed by atoms with Crippen molar-refractivity contribution in [1.29, 1.82) is 0 Å². The van der Waals surface area contributed by atoms with Gasteiger partial charge in [0, 0.05) is 6.20 Å². The maximum atomic E-state index is 4.33. The van der Waals surface area contributed by atoms with Crippen LogP contribution in [0.2, 0.25) is 0 Å². The zero-order chi connectivity index (χ0) is 9.68. The summed E-state index contributed by atoms with van der Waals surface area (Å²) >= 11 is 0. The Morgan fingerprint density at radius 1 is 1.54 bits per heavy atom. The van der Waals surface area contributed by atoms with Crippen molar-refractivity contribution in [3.8, 4) is 0 Å². The number of hydrogen-bond donors (Lipinski definition) is 0. The summed E-state index contributed by atoms with van der Waals surface area (Å²) in [6.07, 6.45) is 8.89. The van der Waals surface area contributed by atoms with Crippen LogP contribution >= 0.6 is 0 Å². The highest BCUT2D eigenvalue weighted by molar-refractivity contribution is 5.61. The molecule has 0 spiro atoms. The molecule has 1 rings (SSSR count). The Bertz CT molecular complexity index is 324. The van der Waals surface area contributed by atoms with Crippen LogP contribution in [-0.4, -0.2) is 4.98 Å². The largest absolute Gasteiger partial charge is 0.256 e. The van der Waals surface area contributed by atoms with Crippen LogP contribution in [0.5, 0.6) is 0 Å². The van der Waals surface area contributed by atoms with Crippen molar-refractivity contribution in [3.05, 3.63) is 41.7 Å². The van der Waals surface area contributed by atoms with E-state index in [4.69, 9.17) is 0 Å². The minimum atomic E-state index is 1.00. The van der Waals surface area contributed by atoms with Crippen LogP contribution in [0.15, 0.2) is 24.9 Å². The van der Waals surface area contributed by atoms with Gasteiger partial charge in [-0.25, -0.2) is 0 Å². The van der Waals surface area contributed by atoms with Crippen molar-refractivity contribution >= 4 is 12.2 Å². The molecule has 1 heterocycles. The third-order valence-corrected chi connectivity index (χ3v) is 1.82. The van der Waals surface area contributed by atoms with Gasteiger partial charge in [0.05, 0.1) is 5.69 Å². The fourth-order valence-electron chi connectivity index (χ4n) is 1.13. The molecule has 0 aliphatic heterocycles. The molecule has 0 aliphatic carbocycles. The topological polar surface area (TPSA) is 12.9 Å². The molecule has 0 radical (unpaired) electrons. The van der Waals surface area contributed by atoms with Gasteiger partial charge >= 0.3 is 0 Å². The average molecular weight is 173 g/mol. The van der Waals surface area contributed by atoms with Crippen LogP contribution in [0.4, 0.5) is 0 Å². The molecule has 1 nitrogen and oxygen atoms in total. The Kier molecular flexibility index (Phi) is 3.44. The van der Waals surface area contributed by atoms with E-state index < -0.39 is 0 Å². The summed E-state index contributed by atoms with van der Waals surface area (Å²) in [5.74, 6) is 0. The smallest absolute Gasteiger partial charge is 0.0698 e. The van der Waals surface area contributed by atoms with Gasteiger partial charge in [-0.1, -0.05) is 25.7 Å². The zero-order valence-electron chi connectivity index (χ0n) is 8.25. The normalized spacial score (nSPS) is 10.6. The number of hydrogen-bond acceptors (Lipinski definition) is 1. The molecule has 0 atom stereocenters. The maximum absolute atomic E-state index is 4.33. The minimum Gasteiger partial charge on any atom is -0.256 e. The SMILES string of the molecule is C=Cc1cc(C)cnc1/C=C\CC. The molecule has 0 amide bonds. The van der Waals surface area contributed by atoms with Crippen molar-refractivity contribution in [1.82, 2.24) is 4.98 Å². The molecule has 0 aliphatic rings. The fraction of sp³-hybridized carbons (Fsp3) is 0.250. The summed E-state index contributed by atoms with van der Waals surface area (Å²) in [4.78, 5) is 4.33. The molecule has 1 aromatic heterocycles. The summed E-state index contributed by atoms with van der Waals surface area (Å²) in [6, 6.07) is 2.09. The number of rotatable bonds is 3.